The molecule has 1 unspecified atom stereocenters. The van der Waals surface area contributed by atoms with Crippen LogP contribution >= 0.6 is 0 Å². The lowest BCUT2D eigenvalue weighted by molar-refractivity contribution is -0.121. The molecule has 0 aliphatic carbocycles. The third kappa shape index (κ3) is 12.2. The molecule has 3 N–H and O–H groups in total. The Morgan fingerprint density at radius 3 is 2.24 bits per heavy atom. The van der Waals surface area contributed by atoms with Gasteiger partial charge in [0.1, 0.15) is 0 Å². The van der Waals surface area contributed by atoms with Gasteiger partial charge in [0, 0.05) is 32.1 Å². The summed E-state index contributed by atoms with van der Waals surface area (Å²) in [5.74, 6) is 0.822. The fourth-order valence-electron chi connectivity index (χ4n) is 1.84. The minimum absolute atomic E-state index is 0.0636. The summed E-state index contributed by atoms with van der Waals surface area (Å²) >= 11 is 0. The van der Waals surface area contributed by atoms with Gasteiger partial charge in [-0.3, -0.25) is 9.79 Å². The summed E-state index contributed by atoms with van der Waals surface area (Å²) in [6.07, 6.45) is 2.71. The fraction of sp³-hybridized carbons (Fsp3) is 0.875. The smallest absolute Gasteiger partial charge is 0.221 e. The van der Waals surface area contributed by atoms with Gasteiger partial charge in [0.05, 0.1) is 0 Å². The Morgan fingerprint density at radius 1 is 1.14 bits per heavy atom. The summed E-state index contributed by atoms with van der Waals surface area (Å²) in [5, 5.41) is 9.41. The number of nitrogens with zero attached hydrogens (tertiary/aromatic N) is 1. The van der Waals surface area contributed by atoms with Crippen molar-refractivity contribution in [3.8, 4) is 0 Å². The van der Waals surface area contributed by atoms with Gasteiger partial charge in [-0.2, -0.15) is 0 Å². The highest BCUT2D eigenvalue weighted by Gasteiger charge is 2.13. The first-order chi connectivity index (χ1) is 9.64. The first-order valence-corrected chi connectivity index (χ1v) is 7.90. The van der Waals surface area contributed by atoms with Crippen molar-refractivity contribution in [2.24, 2.45) is 10.4 Å². The van der Waals surface area contributed by atoms with Crippen LogP contribution in [0.4, 0.5) is 0 Å². The monoisotopic (exact) mass is 298 g/mol. The summed E-state index contributed by atoms with van der Waals surface area (Å²) in [4.78, 5) is 15.7. The molecule has 0 bridgehead atoms. The molecule has 124 valence electrons. The molecule has 0 spiro atoms. The van der Waals surface area contributed by atoms with E-state index in [-0.39, 0.29) is 11.9 Å². The summed E-state index contributed by atoms with van der Waals surface area (Å²) in [6.45, 7) is 13.4. The van der Waals surface area contributed by atoms with Gasteiger partial charge in [0.15, 0.2) is 5.96 Å². The zero-order valence-electron chi connectivity index (χ0n) is 14.8. The Morgan fingerprint density at radius 2 is 1.76 bits per heavy atom. The molecule has 0 aliphatic heterocycles. The van der Waals surface area contributed by atoms with Crippen LogP contribution in [0, 0.1) is 5.41 Å². The molecule has 5 heteroatoms. The predicted molar refractivity (Wildman–Crippen MR) is 90.5 cm³/mol. The number of carbonyl (C=O) groups is 1. The highest BCUT2D eigenvalue weighted by Crippen LogP contribution is 2.21. The summed E-state index contributed by atoms with van der Waals surface area (Å²) in [6, 6.07) is 0.548. The fourth-order valence-corrected chi connectivity index (χ4v) is 1.84. The second-order valence-corrected chi connectivity index (χ2v) is 7.12. The minimum atomic E-state index is 0.0636. The molecule has 0 saturated heterocycles. The Balaban J connectivity index is 3.99. The predicted octanol–water partition coefficient (Wildman–Crippen LogP) is 2.28. The number of hydrogen-bond acceptors (Lipinski definition) is 2. The highest BCUT2D eigenvalue weighted by atomic mass is 16.1. The number of nitrogens with one attached hydrogen (secondary N) is 3. The van der Waals surface area contributed by atoms with Crippen molar-refractivity contribution < 1.29 is 4.79 Å². The van der Waals surface area contributed by atoms with Crippen LogP contribution < -0.4 is 16.0 Å². The Labute approximate surface area is 130 Å². The zero-order valence-corrected chi connectivity index (χ0v) is 14.8. The van der Waals surface area contributed by atoms with Crippen LogP contribution in [0.1, 0.15) is 60.8 Å². The SMILES string of the molecule is CN=C(NCCC(=O)NC(C)C)NC(C)CCC(C)(C)C. The Kier molecular flexibility index (Phi) is 9.06. The molecule has 21 heavy (non-hydrogen) atoms. The molecule has 0 saturated carbocycles. The lowest BCUT2D eigenvalue weighted by atomic mass is 9.89. The van der Waals surface area contributed by atoms with Gasteiger partial charge < -0.3 is 16.0 Å². The van der Waals surface area contributed by atoms with Gasteiger partial charge >= 0.3 is 0 Å². The topological polar surface area (TPSA) is 65.5 Å². The van der Waals surface area contributed by atoms with E-state index >= 15 is 0 Å². The van der Waals surface area contributed by atoms with Crippen LogP contribution in [0.3, 0.4) is 0 Å². The number of rotatable bonds is 7. The van der Waals surface area contributed by atoms with Crippen molar-refractivity contribution in [3.05, 3.63) is 0 Å². The summed E-state index contributed by atoms with van der Waals surface area (Å²) in [5.41, 5.74) is 0.349. The van der Waals surface area contributed by atoms with Gasteiger partial charge in [-0.1, -0.05) is 20.8 Å². The molecule has 1 atom stereocenters. The molecule has 1 amide bonds. The first-order valence-electron chi connectivity index (χ1n) is 7.90. The van der Waals surface area contributed by atoms with E-state index in [2.05, 4.69) is 48.6 Å². The number of aliphatic imine (C=N–C) groups is 1. The van der Waals surface area contributed by atoms with Crippen LogP contribution in [-0.4, -0.2) is 37.5 Å². The van der Waals surface area contributed by atoms with E-state index in [0.717, 1.165) is 18.8 Å². The third-order valence-corrected chi connectivity index (χ3v) is 3.03. The van der Waals surface area contributed by atoms with Crippen LogP contribution in [0.5, 0.6) is 0 Å². The largest absolute Gasteiger partial charge is 0.356 e. The third-order valence-electron chi connectivity index (χ3n) is 3.03. The molecule has 0 rings (SSSR count). The second-order valence-electron chi connectivity index (χ2n) is 7.12. The minimum Gasteiger partial charge on any atom is -0.356 e. The molecule has 0 fully saturated rings. The molecule has 0 aromatic carbocycles. The van der Waals surface area contributed by atoms with E-state index in [1.54, 1.807) is 7.05 Å². The molecule has 0 radical (unpaired) electrons. The van der Waals surface area contributed by atoms with Crippen LogP contribution in [0.15, 0.2) is 4.99 Å². The molecule has 0 aromatic rings. The van der Waals surface area contributed by atoms with E-state index in [0.29, 0.717) is 24.4 Å². The number of carbonyl (C=O) groups excluding carboxylic acids is 1. The highest BCUT2D eigenvalue weighted by molar-refractivity contribution is 5.81. The average Bonchev–Trinajstić information content (AvgIpc) is 2.33. The molecular formula is C16H34N4O. The second kappa shape index (κ2) is 9.64. The maximum absolute atomic E-state index is 11.5. The summed E-state index contributed by atoms with van der Waals surface area (Å²) in [7, 11) is 1.75. The van der Waals surface area contributed by atoms with Gasteiger partial charge in [0.25, 0.3) is 0 Å². The van der Waals surface area contributed by atoms with E-state index in [1.165, 1.54) is 0 Å². The maximum Gasteiger partial charge on any atom is 0.221 e. The number of hydrogen-bond donors (Lipinski definition) is 3. The van der Waals surface area contributed by atoms with Gasteiger partial charge in [-0.05, 0) is 39.0 Å². The Bertz CT molecular complexity index is 332. The number of amides is 1. The molecular weight excluding hydrogens is 264 g/mol. The van der Waals surface area contributed by atoms with Gasteiger partial charge in [-0.25, -0.2) is 0 Å². The lowest BCUT2D eigenvalue weighted by Crippen LogP contribution is -2.43. The molecule has 0 aromatic heterocycles. The standard InChI is InChI=1S/C16H34N4O/c1-12(2)19-14(21)9-11-18-15(17-7)20-13(3)8-10-16(4,5)6/h12-13H,8-11H2,1-7H3,(H,19,21)(H2,17,18,20). The van der Waals surface area contributed by atoms with Crippen LogP contribution in [0.2, 0.25) is 0 Å². The van der Waals surface area contributed by atoms with E-state index < -0.39 is 0 Å². The molecule has 0 aliphatic rings. The van der Waals surface area contributed by atoms with Crippen molar-refractivity contribution in [2.45, 2.75) is 72.9 Å². The molecule has 0 heterocycles. The van der Waals surface area contributed by atoms with Gasteiger partial charge in [-0.15, -0.1) is 0 Å². The molecule has 5 nitrogen and oxygen atoms in total. The van der Waals surface area contributed by atoms with Crippen LogP contribution in [-0.2, 0) is 4.79 Å². The lowest BCUT2D eigenvalue weighted by Gasteiger charge is -2.23. The quantitative estimate of drug-likeness (QED) is 0.499. The van der Waals surface area contributed by atoms with Crippen molar-refractivity contribution in [1.29, 1.82) is 0 Å². The van der Waals surface area contributed by atoms with Crippen molar-refractivity contribution in [2.75, 3.05) is 13.6 Å². The van der Waals surface area contributed by atoms with Crippen molar-refractivity contribution >= 4 is 11.9 Å². The normalized spacial score (nSPS) is 14.0. The summed E-state index contributed by atoms with van der Waals surface area (Å²) < 4.78 is 0. The zero-order chi connectivity index (χ0) is 16.5. The average molecular weight is 298 g/mol. The van der Waals surface area contributed by atoms with Crippen molar-refractivity contribution in [3.63, 3.8) is 0 Å². The van der Waals surface area contributed by atoms with E-state index in [9.17, 15) is 4.79 Å². The van der Waals surface area contributed by atoms with Crippen LogP contribution in [0.25, 0.3) is 0 Å². The number of guanidine groups is 1. The van der Waals surface area contributed by atoms with E-state index in [1.807, 2.05) is 13.8 Å². The first kappa shape index (κ1) is 19.7. The van der Waals surface area contributed by atoms with E-state index in [4.69, 9.17) is 0 Å². The van der Waals surface area contributed by atoms with Gasteiger partial charge in [0.2, 0.25) is 5.91 Å². The van der Waals surface area contributed by atoms with Crippen molar-refractivity contribution in [1.82, 2.24) is 16.0 Å². The Hall–Kier alpha value is -1.26. The maximum atomic E-state index is 11.5.